The Morgan fingerprint density at radius 1 is 1.35 bits per heavy atom. The van der Waals surface area contributed by atoms with Crippen molar-refractivity contribution >= 4 is 22.3 Å². The number of piperidine rings is 1. The average Bonchev–Trinajstić information content (AvgIpc) is 3.25. The summed E-state index contributed by atoms with van der Waals surface area (Å²) >= 11 is 1.62. The number of aliphatic carboxylic acids is 1. The number of likely N-dealkylation sites (tertiary alicyclic amines) is 1. The molecule has 1 aliphatic rings. The molecule has 1 fully saturated rings. The molecule has 0 aliphatic carbocycles. The Labute approximate surface area is 155 Å². The van der Waals surface area contributed by atoms with E-state index in [1.54, 1.807) is 18.4 Å². The lowest BCUT2D eigenvalue weighted by Crippen LogP contribution is -3.12. The number of benzene rings is 1. The van der Waals surface area contributed by atoms with Crippen LogP contribution in [0.3, 0.4) is 0 Å². The predicted octanol–water partition coefficient (Wildman–Crippen LogP) is 0.616. The first-order valence-electron chi connectivity index (χ1n) is 8.79. The summed E-state index contributed by atoms with van der Waals surface area (Å²) in [6, 6.07) is 7.97. The molecule has 3 heterocycles. The number of hydrogen-bond donors (Lipinski definition) is 1. The van der Waals surface area contributed by atoms with Crippen molar-refractivity contribution in [2.45, 2.75) is 19.4 Å². The van der Waals surface area contributed by atoms with Gasteiger partial charge >= 0.3 is 0 Å². The molecule has 0 bridgehead atoms. The van der Waals surface area contributed by atoms with Crippen molar-refractivity contribution in [3.63, 3.8) is 0 Å². The zero-order chi connectivity index (χ0) is 18.1. The van der Waals surface area contributed by atoms with Crippen LogP contribution < -0.4 is 14.7 Å². The van der Waals surface area contributed by atoms with Gasteiger partial charge in [0.25, 0.3) is 0 Å². The summed E-state index contributed by atoms with van der Waals surface area (Å²) in [5.74, 6) is -0.384. The molecule has 0 atom stereocenters. The highest BCUT2D eigenvalue weighted by atomic mass is 32.1. The van der Waals surface area contributed by atoms with E-state index in [1.165, 1.54) is 10.6 Å². The minimum atomic E-state index is -0.910. The van der Waals surface area contributed by atoms with Gasteiger partial charge < -0.3 is 19.5 Å². The number of aromatic nitrogens is 2. The number of hydrogen-bond acceptors (Lipinski definition) is 5. The Morgan fingerprint density at radius 2 is 2.08 bits per heavy atom. The zero-order valence-corrected chi connectivity index (χ0v) is 15.4. The highest BCUT2D eigenvalue weighted by Crippen LogP contribution is 2.28. The molecule has 0 unspecified atom stereocenters. The lowest BCUT2D eigenvalue weighted by atomic mass is 9.97. The standard InChI is InChI=1S/C19H21N3O3S/c1-25-15-4-2-13(3-5-15)17-16(22-10-11-26-19(22)20-17)12-21-8-6-14(7-9-21)18(23)24/h2-5,10-11,14H,6-9,12H2,1H3,(H,23,24). The molecule has 0 radical (unpaired) electrons. The van der Waals surface area contributed by atoms with Crippen LogP contribution in [0.1, 0.15) is 18.5 Å². The van der Waals surface area contributed by atoms with Crippen LogP contribution in [0.2, 0.25) is 0 Å². The third-order valence-corrected chi connectivity index (χ3v) is 5.92. The number of imidazole rings is 1. The van der Waals surface area contributed by atoms with Crippen molar-refractivity contribution in [1.82, 2.24) is 9.38 Å². The summed E-state index contributed by atoms with van der Waals surface area (Å²) in [5, 5.41) is 13.1. The minimum Gasteiger partial charge on any atom is -0.550 e. The van der Waals surface area contributed by atoms with E-state index in [9.17, 15) is 9.90 Å². The highest BCUT2D eigenvalue weighted by molar-refractivity contribution is 7.15. The maximum Gasteiger partial charge on any atom is 0.194 e. The van der Waals surface area contributed by atoms with Gasteiger partial charge in [0, 0.05) is 41.9 Å². The number of ether oxygens (including phenoxy) is 1. The Morgan fingerprint density at radius 3 is 2.73 bits per heavy atom. The van der Waals surface area contributed by atoms with Gasteiger partial charge in [0.15, 0.2) is 4.96 Å². The first-order chi connectivity index (χ1) is 12.7. The predicted molar refractivity (Wildman–Crippen MR) is 97.2 cm³/mol. The minimum absolute atomic E-state index is 0.300. The average molecular weight is 371 g/mol. The molecule has 2 aromatic heterocycles. The normalized spacial score (nSPS) is 20.3. The number of carbonyl (C=O) groups excluding carboxylic acids is 1. The van der Waals surface area contributed by atoms with Crippen LogP contribution in [0, 0.1) is 5.92 Å². The van der Waals surface area contributed by atoms with Crippen LogP contribution in [-0.4, -0.2) is 35.6 Å². The van der Waals surface area contributed by atoms with Crippen LogP contribution >= 0.6 is 11.3 Å². The quantitative estimate of drug-likeness (QED) is 0.714. The van der Waals surface area contributed by atoms with Gasteiger partial charge in [-0.15, -0.1) is 11.3 Å². The van der Waals surface area contributed by atoms with E-state index >= 15 is 0 Å². The molecule has 3 aromatic rings. The van der Waals surface area contributed by atoms with Crippen LogP contribution in [0.5, 0.6) is 5.75 Å². The Hall–Kier alpha value is -2.38. The van der Waals surface area contributed by atoms with Gasteiger partial charge in [-0.3, -0.25) is 4.40 Å². The molecular formula is C19H21N3O3S. The molecule has 1 aromatic carbocycles. The van der Waals surface area contributed by atoms with Crippen molar-refractivity contribution in [3.05, 3.63) is 41.5 Å². The molecule has 1 aliphatic heterocycles. The number of carboxylic acid groups (broad SMARTS) is 1. The first-order valence-corrected chi connectivity index (χ1v) is 9.67. The van der Waals surface area contributed by atoms with E-state index in [4.69, 9.17) is 9.72 Å². The van der Waals surface area contributed by atoms with Crippen molar-refractivity contribution in [2.75, 3.05) is 20.2 Å². The Bertz CT molecular complexity index is 908. The van der Waals surface area contributed by atoms with E-state index in [1.807, 2.05) is 29.6 Å². The monoisotopic (exact) mass is 371 g/mol. The van der Waals surface area contributed by atoms with Gasteiger partial charge in [-0.2, -0.15) is 0 Å². The number of quaternary nitrogens is 1. The molecule has 1 saturated heterocycles. The summed E-state index contributed by atoms with van der Waals surface area (Å²) in [5.41, 5.74) is 3.24. The Balaban J connectivity index is 1.61. The van der Waals surface area contributed by atoms with Crippen molar-refractivity contribution in [2.24, 2.45) is 5.92 Å². The molecule has 6 nitrogen and oxygen atoms in total. The molecule has 0 spiro atoms. The summed E-state index contributed by atoms with van der Waals surface area (Å²) in [6.45, 7) is 2.52. The summed E-state index contributed by atoms with van der Waals surface area (Å²) in [4.78, 5) is 18.3. The fraction of sp³-hybridized carbons (Fsp3) is 0.368. The maximum absolute atomic E-state index is 11.1. The summed E-state index contributed by atoms with van der Waals surface area (Å²) in [7, 11) is 1.66. The van der Waals surface area contributed by atoms with Crippen LogP contribution in [0.15, 0.2) is 35.8 Å². The lowest BCUT2D eigenvalue weighted by Gasteiger charge is -2.29. The molecule has 7 heteroatoms. The molecule has 0 amide bonds. The van der Waals surface area contributed by atoms with Gasteiger partial charge in [0.2, 0.25) is 0 Å². The smallest absolute Gasteiger partial charge is 0.194 e. The second kappa shape index (κ2) is 7.09. The van der Waals surface area contributed by atoms with Gasteiger partial charge in [0.1, 0.15) is 18.0 Å². The molecule has 4 rings (SSSR count). The van der Waals surface area contributed by atoms with Crippen molar-refractivity contribution < 1.29 is 19.5 Å². The SMILES string of the molecule is COc1ccc(-c2nc3sccn3c2C[NH+]2CCC(C(=O)[O-])CC2)cc1. The van der Waals surface area contributed by atoms with Gasteiger partial charge in [-0.1, -0.05) is 0 Å². The number of carboxylic acids is 1. The Kier molecular flexibility index (Phi) is 4.65. The summed E-state index contributed by atoms with van der Waals surface area (Å²) < 4.78 is 7.40. The maximum atomic E-state index is 11.1. The van der Waals surface area contributed by atoms with Crippen molar-refractivity contribution in [3.8, 4) is 17.0 Å². The molecule has 26 heavy (non-hydrogen) atoms. The number of thiazole rings is 1. The van der Waals surface area contributed by atoms with Crippen LogP contribution in [0.4, 0.5) is 0 Å². The van der Waals surface area contributed by atoms with Crippen molar-refractivity contribution in [1.29, 1.82) is 0 Å². The highest BCUT2D eigenvalue weighted by Gasteiger charge is 2.26. The van der Waals surface area contributed by atoms with E-state index < -0.39 is 5.97 Å². The number of nitrogens with zero attached hydrogens (tertiary/aromatic N) is 2. The largest absolute Gasteiger partial charge is 0.550 e. The number of nitrogens with one attached hydrogen (secondary N) is 1. The lowest BCUT2D eigenvalue weighted by molar-refractivity contribution is -0.919. The second-order valence-electron chi connectivity index (χ2n) is 6.71. The van der Waals surface area contributed by atoms with Gasteiger partial charge in [-0.25, -0.2) is 4.98 Å². The molecule has 136 valence electrons. The van der Waals surface area contributed by atoms with E-state index in [0.717, 1.165) is 41.6 Å². The summed E-state index contributed by atoms with van der Waals surface area (Å²) in [6.07, 6.45) is 3.42. The number of carbonyl (C=O) groups is 1. The molecule has 0 saturated carbocycles. The topological polar surface area (TPSA) is 71.1 Å². The third kappa shape index (κ3) is 3.20. The van der Waals surface area contributed by atoms with E-state index in [-0.39, 0.29) is 5.92 Å². The fourth-order valence-electron chi connectivity index (χ4n) is 3.66. The fourth-order valence-corrected chi connectivity index (χ4v) is 4.39. The number of methoxy groups -OCH3 is 1. The van der Waals surface area contributed by atoms with Gasteiger partial charge in [0.05, 0.1) is 25.9 Å². The molecule has 1 N–H and O–H groups in total. The van der Waals surface area contributed by atoms with Gasteiger partial charge in [-0.05, 0) is 24.3 Å². The first kappa shape index (κ1) is 17.1. The van der Waals surface area contributed by atoms with E-state index in [0.29, 0.717) is 12.8 Å². The molecular weight excluding hydrogens is 350 g/mol. The zero-order valence-electron chi connectivity index (χ0n) is 14.6. The van der Waals surface area contributed by atoms with Crippen LogP contribution in [-0.2, 0) is 11.3 Å². The third-order valence-electron chi connectivity index (χ3n) is 5.17. The van der Waals surface area contributed by atoms with Crippen LogP contribution in [0.25, 0.3) is 16.2 Å². The van der Waals surface area contributed by atoms with E-state index in [2.05, 4.69) is 10.6 Å². The number of rotatable bonds is 5. The number of fused-ring (bicyclic) bond motifs is 1. The second-order valence-corrected chi connectivity index (χ2v) is 7.58.